The lowest BCUT2D eigenvalue weighted by Crippen LogP contribution is -1.96. The third-order valence-electron chi connectivity index (χ3n) is 5.96. The molecule has 6 heterocycles. The number of nitrogens with one attached hydrogen (secondary N) is 2. The number of halogens is 2. The Morgan fingerprint density at radius 3 is 1.84 bits per heavy atom. The van der Waals surface area contributed by atoms with Gasteiger partial charge in [-0.3, -0.25) is 9.51 Å². The van der Waals surface area contributed by atoms with Crippen LogP contribution in [0.2, 0.25) is 10.0 Å². The fourth-order valence-electron chi connectivity index (χ4n) is 4.04. The van der Waals surface area contributed by atoms with Crippen LogP contribution in [-0.2, 0) is 0 Å². The number of benzene rings is 2. The van der Waals surface area contributed by atoms with E-state index in [1.54, 1.807) is 23.2 Å². The molecule has 0 saturated heterocycles. The molecule has 2 N–H and O–H groups in total. The SMILES string of the molecule is Clc1cc(-c2cc(-c3nn[nH]n3)ncn2)cc2ncsc12.O=c1[nH]c(-c2cc(-c3cc(Cl)c4scnc4c3)ncn2)no1. The van der Waals surface area contributed by atoms with Crippen molar-refractivity contribution >= 4 is 66.3 Å². The summed E-state index contributed by atoms with van der Waals surface area (Å²) in [4.78, 5) is 38.7. The van der Waals surface area contributed by atoms with Crippen molar-refractivity contribution < 1.29 is 4.52 Å². The lowest BCUT2D eigenvalue weighted by Gasteiger charge is -2.03. The maximum absolute atomic E-state index is 11.0. The Kier molecular flexibility index (Phi) is 7.07. The monoisotopic (exact) mass is 646 g/mol. The predicted octanol–water partition coefficient (Wildman–Crippen LogP) is 5.34. The van der Waals surface area contributed by atoms with E-state index in [1.165, 1.54) is 35.3 Å². The number of H-pyrrole nitrogens is 2. The van der Waals surface area contributed by atoms with E-state index in [-0.39, 0.29) is 5.82 Å². The Balaban J connectivity index is 0.000000140. The Morgan fingerprint density at radius 2 is 1.28 bits per heavy atom. The van der Waals surface area contributed by atoms with Gasteiger partial charge in [-0.25, -0.2) is 34.7 Å². The minimum Gasteiger partial charge on any atom is -0.296 e. The van der Waals surface area contributed by atoms with Gasteiger partial charge in [0.05, 0.1) is 52.9 Å². The molecule has 8 rings (SSSR count). The number of aromatic amines is 2. The van der Waals surface area contributed by atoms with Gasteiger partial charge in [-0.05, 0) is 41.6 Å². The number of aromatic nitrogens is 12. The summed E-state index contributed by atoms with van der Waals surface area (Å²) in [5.74, 6) is 0.0241. The molecule has 0 bridgehead atoms. The second-order valence-corrected chi connectivity index (χ2v) is 11.1. The molecule has 8 aromatic rings. The molecule has 0 radical (unpaired) electrons. The number of tetrazole rings is 1. The van der Waals surface area contributed by atoms with Crippen LogP contribution in [0.15, 0.2) is 69.4 Å². The quantitative estimate of drug-likeness (QED) is 0.250. The number of nitrogens with zero attached hydrogens (tertiary/aromatic N) is 10. The normalized spacial score (nSPS) is 11.1. The maximum Gasteiger partial charge on any atom is 0.439 e. The van der Waals surface area contributed by atoms with Gasteiger partial charge in [-0.1, -0.05) is 28.4 Å². The lowest BCUT2D eigenvalue weighted by molar-refractivity contribution is 0.387. The predicted molar refractivity (Wildman–Crippen MR) is 161 cm³/mol. The van der Waals surface area contributed by atoms with Crippen molar-refractivity contribution in [2.45, 2.75) is 0 Å². The van der Waals surface area contributed by atoms with E-state index in [9.17, 15) is 4.79 Å². The molecule has 0 aliphatic rings. The molecule has 0 atom stereocenters. The maximum atomic E-state index is 11.0. The van der Waals surface area contributed by atoms with Crippen LogP contribution in [-0.4, -0.2) is 60.7 Å². The third kappa shape index (κ3) is 5.46. The van der Waals surface area contributed by atoms with Gasteiger partial charge in [0, 0.05) is 11.1 Å². The molecule has 0 unspecified atom stereocenters. The summed E-state index contributed by atoms with van der Waals surface area (Å²) in [5, 5.41) is 18.6. The fraction of sp³-hybridized carbons (Fsp3) is 0. The molecular weight excluding hydrogens is 635 g/mol. The highest BCUT2D eigenvalue weighted by Crippen LogP contribution is 2.33. The first-order valence-corrected chi connectivity index (χ1v) is 14.5. The average Bonchev–Trinajstić information content (AvgIpc) is 3.85. The van der Waals surface area contributed by atoms with Gasteiger partial charge in [0.2, 0.25) is 11.6 Å². The van der Waals surface area contributed by atoms with E-state index in [0.29, 0.717) is 33.0 Å². The van der Waals surface area contributed by atoms with Crippen LogP contribution in [0.5, 0.6) is 0 Å². The molecule has 0 aliphatic carbocycles. The topological polar surface area (TPSA) is 191 Å². The molecule has 0 amide bonds. The molecule has 43 heavy (non-hydrogen) atoms. The Labute approximate surface area is 256 Å². The zero-order chi connectivity index (χ0) is 29.3. The highest BCUT2D eigenvalue weighted by atomic mass is 35.5. The van der Waals surface area contributed by atoms with E-state index >= 15 is 0 Å². The van der Waals surface area contributed by atoms with Gasteiger partial charge in [0.25, 0.3) is 0 Å². The van der Waals surface area contributed by atoms with Gasteiger partial charge >= 0.3 is 5.76 Å². The van der Waals surface area contributed by atoms with Crippen molar-refractivity contribution in [2.75, 3.05) is 0 Å². The number of hydrogen-bond donors (Lipinski definition) is 2. The zero-order valence-corrected chi connectivity index (χ0v) is 24.3. The van der Waals surface area contributed by atoms with Crippen molar-refractivity contribution in [3.05, 3.63) is 80.7 Å². The number of rotatable bonds is 4. The average molecular weight is 647 g/mol. The Morgan fingerprint density at radius 1 is 0.698 bits per heavy atom. The number of thiazole rings is 2. The number of hydrogen-bond acceptors (Lipinski definition) is 14. The van der Waals surface area contributed by atoms with Crippen LogP contribution >= 0.6 is 45.9 Å². The van der Waals surface area contributed by atoms with E-state index in [0.717, 1.165) is 37.3 Å². The van der Waals surface area contributed by atoms with Crippen molar-refractivity contribution in [2.24, 2.45) is 0 Å². The van der Waals surface area contributed by atoms with Crippen molar-refractivity contribution in [3.8, 4) is 45.6 Å². The van der Waals surface area contributed by atoms with Gasteiger partial charge in [-0.2, -0.15) is 5.21 Å². The molecule has 210 valence electrons. The molecule has 0 aliphatic heterocycles. The zero-order valence-electron chi connectivity index (χ0n) is 21.1. The second kappa shape index (κ2) is 11.3. The lowest BCUT2D eigenvalue weighted by atomic mass is 10.1. The summed E-state index contributed by atoms with van der Waals surface area (Å²) in [6.45, 7) is 0. The molecule has 18 heteroatoms. The summed E-state index contributed by atoms with van der Waals surface area (Å²) >= 11 is 15.5. The highest BCUT2D eigenvalue weighted by molar-refractivity contribution is 7.17. The van der Waals surface area contributed by atoms with Crippen LogP contribution in [0, 0.1) is 0 Å². The van der Waals surface area contributed by atoms with E-state index in [1.807, 2.05) is 24.3 Å². The largest absolute Gasteiger partial charge is 0.439 e. The molecular formula is C25H12Cl2N12O2S2. The summed E-state index contributed by atoms with van der Waals surface area (Å²) in [5.41, 5.74) is 9.24. The van der Waals surface area contributed by atoms with Gasteiger partial charge in [-0.15, -0.1) is 32.9 Å². The van der Waals surface area contributed by atoms with Crippen LogP contribution in [0.4, 0.5) is 0 Å². The second-order valence-electron chi connectivity index (χ2n) is 8.57. The van der Waals surface area contributed by atoms with E-state index in [2.05, 4.69) is 65.2 Å². The molecule has 0 spiro atoms. The third-order valence-corrected chi connectivity index (χ3v) is 8.53. The molecule has 2 aromatic carbocycles. The van der Waals surface area contributed by atoms with Gasteiger partial charge < -0.3 is 0 Å². The van der Waals surface area contributed by atoms with Gasteiger partial charge in [0.15, 0.2) is 0 Å². The van der Waals surface area contributed by atoms with Crippen LogP contribution in [0.25, 0.3) is 66.0 Å². The molecule has 14 nitrogen and oxygen atoms in total. The minimum absolute atomic E-state index is 0.245. The Bertz CT molecular complexity index is 2280. The van der Waals surface area contributed by atoms with E-state index < -0.39 is 5.76 Å². The van der Waals surface area contributed by atoms with Gasteiger partial charge in [0.1, 0.15) is 24.0 Å². The molecule has 0 fully saturated rings. The number of fused-ring (bicyclic) bond motifs is 2. The summed E-state index contributed by atoms with van der Waals surface area (Å²) in [7, 11) is 0. The first-order chi connectivity index (χ1) is 21.0. The summed E-state index contributed by atoms with van der Waals surface area (Å²) < 4.78 is 6.38. The first kappa shape index (κ1) is 26.8. The highest BCUT2D eigenvalue weighted by Gasteiger charge is 2.13. The smallest absolute Gasteiger partial charge is 0.296 e. The Hall–Kier alpha value is -5.03. The van der Waals surface area contributed by atoms with Crippen molar-refractivity contribution in [1.82, 2.24) is 60.7 Å². The van der Waals surface area contributed by atoms with Crippen molar-refractivity contribution in [1.29, 1.82) is 0 Å². The minimum atomic E-state index is -0.637. The van der Waals surface area contributed by atoms with Crippen LogP contribution in [0.3, 0.4) is 0 Å². The summed E-state index contributed by atoms with van der Waals surface area (Å²) in [6.07, 6.45) is 2.84. The van der Waals surface area contributed by atoms with E-state index in [4.69, 9.17) is 23.2 Å². The standard InChI is InChI=1S/C13H6ClN5O2S.C12H6ClN7S/c14-7-1-6(2-9-11(7)22-5-17-9)8-3-10(16-4-15-8)12-18-13(20)21-19-12;13-7-1-6(2-9-11(7)21-5-16-9)8-3-10(15-4-14-8)12-17-19-20-18-12/h1-5H,(H,18,19,20);1-5H,(H,17,18,19,20). The summed E-state index contributed by atoms with van der Waals surface area (Å²) in [6, 6.07) is 11.0. The van der Waals surface area contributed by atoms with Crippen LogP contribution < -0.4 is 5.76 Å². The fourth-order valence-corrected chi connectivity index (χ4v) is 6.09. The van der Waals surface area contributed by atoms with Crippen LogP contribution in [0.1, 0.15) is 0 Å². The molecule has 0 saturated carbocycles. The first-order valence-electron chi connectivity index (χ1n) is 12.0. The van der Waals surface area contributed by atoms with Crippen molar-refractivity contribution in [3.63, 3.8) is 0 Å². The molecule has 6 aromatic heterocycles.